The number of carbonyl (C=O) groups is 2. The molecule has 2 amide bonds. The number of benzene rings is 2. The topological polar surface area (TPSA) is 95.8 Å². The smallest absolute Gasteiger partial charge is 0.269 e. The van der Waals surface area contributed by atoms with Gasteiger partial charge in [0, 0.05) is 49.6 Å². The van der Waals surface area contributed by atoms with Gasteiger partial charge in [-0.15, -0.1) is 0 Å². The molecule has 0 radical (unpaired) electrons. The molecule has 8 heteroatoms. The molecule has 1 atom stereocenters. The lowest BCUT2D eigenvalue weighted by atomic mass is 10.0. The number of hydrogen-bond acceptors (Lipinski definition) is 5. The van der Waals surface area contributed by atoms with Gasteiger partial charge in [-0.3, -0.25) is 19.7 Å². The fraction of sp³-hybridized carbons (Fsp3) is 0.391. The highest BCUT2D eigenvalue weighted by molar-refractivity contribution is 5.97. The highest BCUT2D eigenvalue weighted by Gasteiger charge is 2.31. The van der Waals surface area contributed by atoms with E-state index < -0.39 is 11.0 Å². The summed E-state index contributed by atoms with van der Waals surface area (Å²) in [7, 11) is 0. The molecule has 0 aliphatic carbocycles. The van der Waals surface area contributed by atoms with Crippen molar-refractivity contribution in [2.45, 2.75) is 26.8 Å². The van der Waals surface area contributed by atoms with E-state index in [4.69, 9.17) is 0 Å². The van der Waals surface area contributed by atoms with E-state index in [2.05, 4.69) is 10.2 Å². The third kappa shape index (κ3) is 5.39. The second-order valence-corrected chi connectivity index (χ2v) is 8.15. The molecule has 1 aliphatic rings. The minimum absolute atomic E-state index is 0.0467. The number of amides is 2. The second kappa shape index (κ2) is 9.59. The summed E-state index contributed by atoms with van der Waals surface area (Å²) in [6.07, 6.45) is 0. The third-order valence-corrected chi connectivity index (χ3v) is 5.55. The van der Waals surface area contributed by atoms with Gasteiger partial charge in [-0.2, -0.15) is 0 Å². The Morgan fingerprint density at radius 2 is 1.55 bits per heavy atom. The molecule has 0 aromatic heterocycles. The van der Waals surface area contributed by atoms with Crippen molar-refractivity contribution in [3.63, 3.8) is 0 Å². The highest BCUT2D eigenvalue weighted by atomic mass is 16.6. The van der Waals surface area contributed by atoms with Gasteiger partial charge in [0.1, 0.15) is 6.04 Å². The minimum atomic E-state index is -0.597. The van der Waals surface area contributed by atoms with E-state index in [0.29, 0.717) is 31.7 Å². The Hall–Kier alpha value is -3.42. The van der Waals surface area contributed by atoms with Crippen LogP contribution in [-0.4, -0.2) is 53.9 Å². The number of nitro groups is 1. The molecular weight excluding hydrogens is 396 g/mol. The number of non-ortho nitro benzene ring substituents is 1. The summed E-state index contributed by atoms with van der Waals surface area (Å²) >= 11 is 0. The van der Waals surface area contributed by atoms with Gasteiger partial charge in [0.2, 0.25) is 5.91 Å². The first-order valence-corrected chi connectivity index (χ1v) is 10.4. The van der Waals surface area contributed by atoms with Crippen molar-refractivity contribution < 1.29 is 14.5 Å². The fourth-order valence-corrected chi connectivity index (χ4v) is 3.61. The molecule has 0 spiro atoms. The van der Waals surface area contributed by atoms with Gasteiger partial charge in [0.05, 0.1) is 4.92 Å². The van der Waals surface area contributed by atoms with Crippen LogP contribution in [0.25, 0.3) is 0 Å². The van der Waals surface area contributed by atoms with Crippen molar-refractivity contribution in [3.05, 3.63) is 69.8 Å². The van der Waals surface area contributed by atoms with Crippen LogP contribution >= 0.6 is 0 Å². The minimum Gasteiger partial charge on any atom is -0.368 e. The normalized spacial score (nSPS) is 15.0. The third-order valence-electron chi connectivity index (χ3n) is 5.55. The van der Waals surface area contributed by atoms with Crippen LogP contribution in [0.2, 0.25) is 0 Å². The molecular formula is C23H28N4O4. The monoisotopic (exact) mass is 424 g/mol. The molecule has 2 aromatic rings. The molecule has 3 rings (SSSR count). The average Bonchev–Trinajstić information content (AvgIpc) is 2.77. The second-order valence-electron chi connectivity index (χ2n) is 8.15. The summed E-state index contributed by atoms with van der Waals surface area (Å²) < 4.78 is 0. The SMILES string of the molecule is Cc1ccc(C(=O)N[C@H](C(=O)N2CCN(c3ccc([N+](=O)[O-])cc3)CC2)C(C)C)cc1. The van der Waals surface area contributed by atoms with E-state index in [1.165, 1.54) is 12.1 Å². The molecule has 164 valence electrons. The van der Waals surface area contributed by atoms with Crippen molar-refractivity contribution in [2.24, 2.45) is 5.92 Å². The van der Waals surface area contributed by atoms with Crippen LogP contribution in [0.4, 0.5) is 11.4 Å². The Morgan fingerprint density at radius 3 is 2.06 bits per heavy atom. The zero-order chi connectivity index (χ0) is 22.5. The number of carbonyl (C=O) groups excluding carboxylic acids is 2. The number of aryl methyl sites for hydroxylation is 1. The van der Waals surface area contributed by atoms with Crippen molar-refractivity contribution in [1.82, 2.24) is 10.2 Å². The Morgan fingerprint density at radius 1 is 0.968 bits per heavy atom. The van der Waals surface area contributed by atoms with Crippen LogP contribution in [0, 0.1) is 23.0 Å². The first-order chi connectivity index (χ1) is 14.8. The lowest BCUT2D eigenvalue weighted by Crippen LogP contribution is -2.56. The largest absolute Gasteiger partial charge is 0.368 e. The van der Waals surface area contributed by atoms with Crippen LogP contribution < -0.4 is 10.2 Å². The maximum absolute atomic E-state index is 13.1. The number of nitrogens with one attached hydrogen (secondary N) is 1. The number of anilines is 1. The number of nitro benzene ring substituents is 1. The number of rotatable bonds is 6. The van der Waals surface area contributed by atoms with E-state index in [9.17, 15) is 19.7 Å². The molecule has 31 heavy (non-hydrogen) atoms. The lowest BCUT2D eigenvalue weighted by Gasteiger charge is -2.38. The fourth-order valence-electron chi connectivity index (χ4n) is 3.61. The lowest BCUT2D eigenvalue weighted by molar-refractivity contribution is -0.384. The van der Waals surface area contributed by atoms with Gasteiger partial charge >= 0.3 is 0 Å². The first-order valence-electron chi connectivity index (χ1n) is 10.4. The van der Waals surface area contributed by atoms with E-state index in [1.807, 2.05) is 32.9 Å². The highest BCUT2D eigenvalue weighted by Crippen LogP contribution is 2.21. The van der Waals surface area contributed by atoms with Crippen molar-refractivity contribution in [3.8, 4) is 0 Å². The molecule has 0 unspecified atom stereocenters. The van der Waals surface area contributed by atoms with Gasteiger partial charge in [0.15, 0.2) is 0 Å². The zero-order valence-electron chi connectivity index (χ0n) is 18.1. The maximum Gasteiger partial charge on any atom is 0.269 e. The summed E-state index contributed by atoms with van der Waals surface area (Å²) in [5, 5.41) is 13.7. The summed E-state index contributed by atoms with van der Waals surface area (Å²) in [6.45, 7) is 8.11. The number of nitrogens with zero attached hydrogens (tertiary/aromatic N) is 3. The summed E-state index contributed by atoms with van der Waals surface area (Å²) in [5.74, 6) is -0.384. The van der Waals surface area contributed by atoms with Crippen LogP contribution in [-0.2, 0) is 4.79 Å². The Labute approximate surface area is 182 Å². The average molecular weight is 425 g/mol. The Kier molecular flexibility index (Phi) is 6.89. The molecule has 1 saturated heterocycles. The van der Waals surface area contributed by atoms with E-state index in [-0.39, 0.29) is 23.4 Å². The van der Waals surface area contributed by atoms with E-state index in [0.717, 1.165) is 11.3 Å². The maximum atomic E-state index is 13.1. The van der Waals surface area contributed by atoms with E-state index in [1.54, 1.807) is 29.2 Å². The summed E-state index contributed by atoms with van der Waals surface area (Å²) in [6, 6.07) is 13.1. The van der Waals surface area contributed by atoms with Crippen molar-refractivity contribution >= 4 is 23.2 Å². The van der Waals surface area contributed by atoms with Gasteiger partial charge < -0.3 is 15.1 Å². The van der Waals surface area contributed by atoms with Gasteiger partial charge in [-0.05, 0) is 37.1 Å². The number of hydrogen-bond donors (Lipinski definition) is 1. The number of piperazine rings is 1. The van der Waals surface area contributed by atoms with Gasteiger partial charge in [0.25, 0.3) is 11.6 Å². The summed E-state index contributed by atoms with van der Waals surface area (Å²) in [5.41, 5.74) is 2.55. The quantitative estimate of drug-likeness (QED) is 0.568. The molecule has 2 aromatic carbocycles. The van der Waals surface area contributed by atoms with Gasteiger partial charge in [-0.25, -0.2) is 0 Å². The molecule has 1 aliphatic heterocycles. The Balaban J connectivity index is 1.61. The van der Waals surface area contributed by atoms with Crippen LogP contribution in [0.1, 0.15) is 29.8 Å². The van der Waals surface area contributed by atoms with Crippen molar-refractivity contribution in [2.75, 3.05) is 31.1 Å². The zero-order valence-corrected chi connectivity index (χ0v) is 18.1. The summed E-state index contributed by atoms with van der Waals surface area (Å²) in [4.78, 5) is 40.1. The van der Waals surface area contributed by atoms with Crippen LogP contribution in [0.3, 0.4) is 0 Å². The van der Waals surface area contributed by atoms with Crippen LogP contribution in [0.5, 0.6) is 0 Å². The van der Waals surface area contributed by atoms with Crippen LogP contribution in [0.15, 0.2) is 48.5 Å². The molecule has 1 fully saturated rings. The van der Waals surface area contributed by atoms with Gasteiger partial charge in [-0.1, -0.05) is 31.5 Å². The molecule has 1 heterocycles. The Bertz CT molecular complexity index is 933. The molecule has 8 nitrogen and oxygen atoms in total. The predicted octanol–water partition coefficient (Wildman–Crippen LogP) is 3.01. The predicted molar refractivity (Wildman–Crippen MR) is 119 cm³/mol. The van der Waals surface area contributed by atoms with E-state index >= 15 is 0 Å². The standard InChI is InChI=1S/C23H28N4O4/c1-16(2)21(24-22(28)18-6-4-17(3)5-7-18)23(29)26-14-12-25(13-15-26)19-8-10-20(11-9-19)27(30)31/h4-11,16,21H,12-15H2,1-3H3,(H,24,28)/t21-/m0/s1. The van der Waals surface area contributed by atoms with Crippen molar-refractivity contribution in [1.29, 1.82) is 0 Å². The molecule has 0 bridgehead atoms. The molecule has 0 saturated carbocycles. The molecule has 1 N–H and O–H groups in total. The first kappa shape index (κ1) is 22.3.